The summed E-state index contributed by atoms with van der Waals surface area (Å²) in [7, 11) is 0. The number of phenols is 1. The number of benzene rings is 2. The highest BCUT2D eigenvalue weighted by atomic mass is 16.3. The summed E-state index contributed by atoms with van der Waals surface area (Å²) in [5, 5.41) is 9.26. The molecule has 0 spiro atoms. The topological polar surface area (TPSA) is 20.2 Å². The van der Waals surface area contributed by atoms with Gasteiger partial charge in [-0.2, -0.15) is 0 Å². The Hall–Kier alpha value is -2.02. The molecule has 0 aliphatic carbocycles. The summed E-state index contributed by atoms with van der Waals surface area (Å²) < 4.78 is 0. The van der Waals surface area contributed by atoms with Gasteiger partial charge >= 0.3 is 0 Å². The Balaban J connectivity index is 2.14. The van der Waals surface area contributed by atoms with E-state index >= 15 is 0 Å². The van der Waals surface area contributed by atoms with Gasteiger partial charge in [-0.15, -0.1) is 0 Å². The van der Waals surface area contributed by atoms with Crippen LogP contribution < -0.4 is 0 Å². The van der Waals surface area contributed by atoms with Gasteiger partial charge in [0, 0.05) is 0 Å². The largest absolute Gasteiger partial charge is 0.508 e. The first-order valence-electron chi connectivity index (χ1n) is 6.17. The van der Waals surface area contributed by atoms with E-state index in [0.29, 0.717) is 5.75 Å². The van der Waals surface area contributed by atoms with Crippen molar-refractivity contribution in [3.8, 4) is 5.75 Å². The SMILES string of the molecule is C/C(=C\Cc1ccccc1C)c1ccc(O)cc1. The summed E-state index contributed by atoms with van der Waals surface area (Å²) in [5.74, 6) is 0.311. The standard InChI is InChI=1S/C17H18O/c1-13-5-3-4-6-15(13)8-7-14(2)16-9-11-17(18)12-10-16/h3-7,9-12,18H,8H2,1-2H3/b14-7+. The normalized spacial score (nSPS) is 11.6. The van der Waals surface area contributed by atoms with Crippen LogP contribution in [0.1, 0.15) is 23.6 Å². The fraction of sp³-hybridized carbons (Fsp3) is 0.176. The van der Waals surface area contributed by atoms with Crippen molar-refractivity contribution in [1.82, 2.24) is 0 Å². The lowest BCUT2D eigenvalue weighted by molar-refractivity contribution is 0.475. The van der Waals surface area contributed by atoms with Gasteiger partial charge in [0.05, 0.1) is 0 Å². The van der Waals surface area contributed by atoms with Gasteiger partial charge in [0.25, 0.3) is 0 Å². The van der Waals surface area contributed by atoms with E-state index < -0.39 is 0 Å². The Bertz CT molecular complexity index is 550. The minimum Gasteiger partial charge on any atom is -0.508 e. The maximum Gasteiger partial charge on any atom is 0.115 e. The van der Waals surface area contributed by atoms with Crippen molar-refractivity contribution >= 4 is 5.57 Å². The van der Waals surface area contributed by atoms with Crippen molar-refractivity contribution in [2.24, 2.45) is 0 Å². The highest BCUT2D eigenvalue weighted by molar-refractivity contribution is 5.64. The summed E-state index contributed by atoms with van der Waals surface area (Å²) in [4.78, 5) is 0. The van der Waals surface area contributed by atoms with Crippen LogP contribution in [0.3, 0.4) is 0 Å². The van der Waals surface area contributed by atoms with Crippen molar-refractivity contribution in [2.45, 2.75) is 20.3 Å². The predicted octanol–water partition coefficient (Wildman–Crippen LogP) is 4.35. The molecule has 0 aromatic heterocycles. The van der Waals surface area contributed by atoms with E-state index in [1.165, 1.54) is 16.7 Å². The molecule has 0 amide bonds. The first-order valence-corrected chi connectivity index (χ1v) is 6.17. The van der Waals surface area contributed by atoms with Crippen LogP contribution in [-0.4, -0.2) is 5.11 Å². The van der Waals surface area contributed by atoms with Crippen LogP contribution in [-0.2, 0) is 6.42 Å². The predicted molar refractivity (Wildman–Crippen MR) is 76.6 cm³/mol. The van der Waals surface area contributed by atoms with Crippen LogP contribution in [0.15, 0.2) is 54.6 Å². The number of hydrogen-bond donors (Lipinski definition) is 1. The first kappa shape index (κ1) is 12.4. The number of rotatable bonds is 3. The molecule has 1 heteroatoms. The number of aryl methyl sites for hydroxylation is 1. The van der Waals surface area contributed by atoms with Crippen LogP contribution in [0.2, 0.25) is 0 Å². The second-order valence-corrected chi connectivity index (χ2v) is 4.56. The van der Waals surface area contributed by atoms with E-state index in [2.05, 4.69) is 44.2 Å². The lowest BCUT2D eigenvalue weighted by Crippen LogP contribution is -1.87. The van der Waals surface area contributed by atoms with E-state index in [1.807, 2.05) is 12.1 Å². The molecular weight excluding hydrogens is 220 g/mol. The van der Waals surface area contributed by atoms with Crippen molar-refractivity contribution in [2.75, 3.05) is 0 Å². The van der Waals surface area contributed by atoms with Gasteiger partial charge in [-0.25, -0.2) is 0 Å². The molecule has 0 bridgehead atoms. The van der Waals surface area contributed by atoms with Crippen LogP contribution in [0, 0.1) is 6.92 Å². The molecule has 0 fully saturated rings. The zero-order valence-electron chi connectivity index (χ0n) is 10.9. The fourth-order valence-electron chi connectivity index (χ4n) is 1.94. The lowest BCUT2D eigenvalue weighted by Gasteiger charge is -2.04. The van der Waals surface area contributed by atoms with Crippen molar-refractivity contribution in [3.05, 3.63) is 71.3 Å². The number of hydrogen-bond acceptors (Lipinski definition) is 1. The molecule has 0 aliphatic heterocycles. The molecule has 2 aromatic rings. The molecule has 0 saturated carbocycles. The van der Waals surface area contributed by atoms with Crippen LogP contribution in [0.5, 0.6) is 5.75 Å². The quantitative estimate of drug-likeness (QED) is 0.843. The van der Waals surface area contributed by atoms with Crippen LogP contribution >= 0.6 is 0 Å². The smallest absolute Gasteiger partial charge is 0.115 e. The van der Waals surface area contributed by atoms with E-state index in [-0.39, 0.29) is 0 Å². The molecule has 2 aromatic carbocycles. The average molecular weight is 238 g/mol. The van der Waals surface area contributed by atoms with Crippen LogP contribution in [0.25, 0.3) is 5.57 Å². The summed E-state index contributed by atoms with van der Waals surface area (Å²) in [5.41, 5.74) is 5.07. The average Bonchev–Trinajstić information content (AvgIpc) is 2.38. The lowest BCUT2D eigenvalue weighted by atomic mass is 10.0. The van der Waals surface area contributed by atoms with E-state index in [0.717, 1.165) is 12.0 Å². The van der Waals surface area contributed by atoms with Gasteiger partial charge in [0.2, 0.25) is 0 Å². The summed E-state index contributed by atoms with van der Waals surface area (Å²) in [6, 6.07) is 15.8. The third-order valence-corrected chi connectivity index (χ3v) is 3.21. The molecular formula is C17H18O. The van der Waals surface area contributed by atoms with E-state index in [4.69, 9.17) is 0 Å². The monoisotopic (exact) mass is 238 g/mol. The van der Waals surface area contributed by atoms with Gasteiger partial charge in [-0.3, -0.25) is 0 Å². The molecule has 1 nitrogen and oxygen atoms in total. The van der Waals surface area contributed by atoms with Crippen molar-refractivity contribution in [1.29, 1.82) is 0 Å². The molecule has 1 N–H and O–H groups in total. The molecule has 0 saturated heterocycles. The Morgan fingerprint density at radius 3 is 2.39 bits per heavy atom. The number of allylic oxidation sites excluding steroid dienone is 2. The molecule has 0 aliphatic rings. The van der Waals surface area contributed by atoms with Gasteiger partial charge < -0.3 is 5.11 Å². The van der Waals surface area contributed by atoms with Gasteiger partial charge in [0.1, 0.15) is 5.75 Å². The fourth-order valence-corrected chi connectivity index (χ4v) is 1.94. The number of aromatic hydroxyl groups is 1. The Morgan fingerprint density at radius 2 is 1.72 bits per heavy atom. The van der Waals surface area contributed by atoms with Gasteiger partial charge in [-0.1, -0.05) is 42.5 Å². The van der Waals surface area contributed by atoms with Gasteiger partial charge in [-0.05, 0) is 54.7 Å². The molecule has 18 heavy (non-hydrogen) atoms. The summed E-state index contributed by atoms with van der Waals surface area (Å²) >= 11 is 0. The zero-order chi connectivity index (χ0) is 13.0. The molecule has 92 valence electrons. The highest BCUT2D eigenvalue weighted by Crippen LogP contribution is 2.18. The first-order chi connectivity index (χ1) is 8.66. The summed E-state index contributed by atoms with van der Waals surface area (Å²) in [6.07, 6.45) is 3.17. The highest BCUT2D eigenvalue weighted by Gasteiger charge is 1.98. The van der Waals surface area contributed by atoms with Crippen molar-refractivity contribution in [3.63, 3.8) is 0 Å². The Labute approximate surface area is 108 Å². The van der Waals surface area contributed by atoms with E-state index in [9.17, 15) is 5.11 Å². The zero-order valence-corrected chi connectivity index (χ0v) is 10.9. The maximum atomic E-state index is 9.26. The maximum absolute atomic E-state index is 9.26. The second kappa shape index (κ2) is 5.54. The minimum atomic E-state index is 0.311. The second-order valence-electron chi connectivity index (χ2n) is 4.56. The number of phenolic OH excluding ortho intramolecular Hbond substituents is 1. The molecule has 0 unspecified atom stereocenters. The Morgan fingerprint density at radius 1 is 1.06 bits per heavy atom. The van der Waals surface area contributed by atoms with E-state index in [1.54, 1.807) is 12.1 Å². The Kier molecular flexibility index (Phi) is 3.83. The summed E-state index contributed by atoms with van der Waals surface area (Å²) in [6.45, 7) is 4.24. The third kappa shape index (κ3) is 3.01. The molecule has 0 heterocycles. The van der Waals surface area contributed by atoms with Crippen LogP contribution in [0.4, 0.5) is 0 Å². The van der Waals surface area contributed by atoms with Gasteiger partial charge in [0.15, 0.2) is 0 Å². The molecule has 0 radical (unpaired) electrons. The third-order valence-electron chi connectivity index (χ3n) is 3.21. The molecule has 0 atom stereocenters. The van der Waals surface area contributed by atoms with Crippen molar-refractivity contribution < 1.29 is 5.11 Å². The molecule has 2 rings (SSSR count). The minimum absolute atomic E-state index is 0.311.